The predicted molar refractivity (Wildman–Crippen MR) is 76.0 cm³/mol. The lowest BCUT2D eigenvalue weighted by Crippen LogP contribution is -2.37. The van der Waals surface area contributed by atoms with Crippen LogP contribution in [-0.4, -0.2) is 41.6 Å². The molecule has 1 aromatic carbocycles. The Morgan fingerprint density at radius 2 is 1.85 bits per heavy atom. The topological polar surface area (TPSA) is 66.8 Å². The number of carbonyl (C=O) groups excluding carboxylic acids is 1. The van der Waals surface area contributed by atoms with Crippen molar-refractivity contribution in [3.05, 3.63) is 29.8 Å². The first kappa shape index (κ1) is 16.0. The number of carboxylic acids is 1. The highest BCUT2D eigenvalue weighted by Gasteiger charge is 2.18. The smallest absolute Gasteiger partial charge is 0.303 e. The summed E-state index contributed by atoms with van der Waals surface area (Å²) < 4.78 is 5.06. The number of benzene rings is 1. The summed E-state index contributed by atoms with van der Waals surface area (Å²) in [6, 6.07) is 6.94. The number of carboxylic acid groups (broad SMARTS) is 1. The van der Waals surface area contributed by atoms with Gasteiger partial charge in [0.25, 0.3) is 5.91 Å². The van der Waals surface area contributed by atoms with Gasteiger partial charge >= 0.3 is 5.97 Å². The van der Waals surface area contributed by atoms with E-state index in [2.05, 4.69) is 0 Å². The van der Waals surface area contributed by atoms with Crippen molar-refractivity contribution < 1.29 is 19.4 Å². The van der Waals surface area contributed by atoms with Crippen molar-refractivity contribution in [3.63, 3.8) is 0 Å². The molecule has 0 radical (unpaired) electrons. The number of methoxy groups -OCH3 is 1. The van der Waals surface area contributed by atoms with Gasteiger partial charge in [0, 0.05) is 24.6 Å². The van der Waals surface area contributed by atoms with E-state index in [1.165, 1.54) is 0 Å². The second kappa shape index (κ2) is 7.53. The Morgan fingerprint density at radius 1 is 1.25 bits per heavy atom. The van der Waals surface area contributed by atoms with E-state index in [9.17, 15) is 9.59 Å². The van der Waals surface area contributed by atoms with E-state index in [1.54, 1.807) is 36.3 Å². The molecule has 0 aliphatic carbocycles. The highest BCUT2D eigenvalue weighted by atomic mass is 16.5. The van der Waals surface area contributed by atoms with Crippen LogP contribution >= 0.6 is 0 Å². The van der Waals surface area contributed by atoms with E-state index in [-0.39, 0.29) is 18.4 Å². The Labute approximate surface area is 119 Å². The Hall–Kier alpha value is -2.04. The van der Waals surface area contributed by atoms with Crippen LogP contribution in [0.4, 0.5) is 0 Å². The van der Waals surface area contributed by atoms with E-state index in [4.69, 9.17) is 9.84 Å². The minimum absolute atomic E-state index is 0.0263. The second-order valence-corrected chi connectivity index (χ2v) is 4.82. The van der Waals surface area contributed by atoms with Gasteiger partial charge in [0.05, 0.1) is 7.11 Å². The van der Waals surface area contributed by atoms with Crippen molar-refractivity contribution in [2.45, 2.75) is 32.7 Å². The molecule has 0 aliphatic rings. The largest absolute Gasteiger partial charge is 0.497 e. The average Bonchev–Trinajstić information content (AvgIpc) is 2.42. The third-order valence-electron chi connectivity index (χ3n) is 3.01. The zero-order valence-corrected chi connectivity index (χ0v) is 12.1. The van der Waals surface area contributed by atoms with Gasteiger partial charge in [-0.05, 0) is 44.5 Å². The van der Waals surface area contributed by atoms with Crippen molar-refractivity contribution in [2.24, 2.45) is 0 Å². The molecule has 5 nitrogen and oxygen atoms in total. The van der Waals surface area contributed by atoms with Crippen molar-refractivity contribution in [1.29, 1.82) is 0 Å². The van der Waals surface area contributed by atoms with Crippen LogP contribution in [0.1, 0.15) is 37.0 Å². The van der Waals surface area contributed by atoms with Gasteiger partial charge in [0.1, 0.15) is 5.75 Å². The summed E-state index contributed by atoms with van der Waals surface area (Å²) in [4.78, 5) is 24.6. The molecule has 0 aromatic heterocycles. The third-order valence-corrected chi connectivity index (χ3v) is 3.01. The molecule has 5 heteroatoms. The molecule has 0 heterocycles. The molecule has 0 spiro atoms. The van der Waals surface area contributed by atoms with Gasteiger partial charge in [-0.1, -0.05) is 0 Å². The number of nitrogens with zero attached hydrogens (tertiary/aromatic N) is 1. The number of carbonyl (C=O) groups is 2. The molecule has 110 valence electrons. The SMILES string of the molecule is COc1ccc(C(=O)N(CCCC(=O)O)C(C)C)cc1. The Bertz CT molecular complexity index is 453. The predicted octanol–water partition coefficient (Wildman–Crippen LogP) is 2.41. The van der Waals surface area contributed by atoms with Crippen molar-refractivity contribution in [3.8, 4) is 5.75 Å². The fourth-order valence-electron chi connectivity index (χ4n) is 1.89. The average molecular weight is 279 g/mol. The van der Waals surface area contributed by atoms with Gasteiger partial charge in [0.2, 0.25) is 0 Å². The summed E-state index contributed by atoms with van der Waals surface area (Å²) in [6.07, 6.45) is 0.522. The molecule has 0 unspecified atom stereocenters. The Kier molecular flexibility index (Phi) is 6.03. The minimum atomic E-state index is -0.842. The molecule has 20 heavy (non-hydrogen) atoms. The summed E-state index contributed by atoms with van der Waals surface area (Å²) >= 11 is 0. The maximum absolute atomic E-state index is 12.4. The number of rotatable bonds is 7. The van der Waals surface area contributed by atoms with Gasteiger partial charge in [0.15, 0.2) is 0 Å². The van der Waals surface area contributed by atoms with Crippen molar-refractivity contribution in [2.75, 3.05) is 13.7 Å². The quantitative estimate of drug-likeness (QED) is 0.832. The number of amides is 1. The van der Waals surface area contributed by atoms with Crippen molar-refractivity contribution >= 4 is 11.9 Å². The molecule has 0 aliphatic heterocycles. The number of aliphatic carboxylic acids is 1. The van der Waals surface area contributed by atoms with Crippen LogP contribution < -0.4 is 4.74 Å². The van der Waals surface area contributed by atoms with E-state index in [0.29, 0.717) is 24.3 Å². The Morgan fingerprint density at radius 3 is 2.30 bits per heavy atom. The molecule has 1 rings (SSSR count). The first-order chi connectivity index (χ1) is 9.45. The zero-order chi connectivity index (χ0) is 15.1. The van der Waals surface area contributed by atoms with E-state index < -0.39 is 5.97 Å². The number of hydrogen-bond donors (Lipinski definition) is 1. The Balaban J connectivity index is 2.74. The molecule has 0 atom stereocenters. The van der Waals surface area contributed by atoms with Gasteiger partial charge in [-0.2, -0.15) is 0 Å². The van der Waals surface area contributed by atoms with Gasteiger partial charge in [-0.3, -0.25) is 9.59 Å². The molecule has 1 amide bonds. The molecule has 1 N–H and O–H groups in total. The van der Waals surface area contributed by atoms with Crippen LogP contribution in [0.5, 0.6) is 5.75 Å². The normalized spacial score (nSPS) is 10.4. The van der Waals surface area contributed by atoms with Crippen molar-refractivity contribution in [1.82, 2.24) is 4.90 Å². The lowest BCUT2D eigenvalue weighted by Gasteiger charge is -2.26. The van der Waals surface area contributed by atoms with Crippen LogP contribution in [0.3, 0.4) is 0 Å². The lowest BCUT2D eigenvalue weighted by molar-refractivity contribution is -0.137. The molecule has 0 bridgehead atoms. The van der Waals surface area contributed by atoms with E-state index >= 15 is 0 Å². The molecule has 1 aromatic rings. The summed E-state index contributed by atoms with van der Waals surface area (Å²) in [7, 11) is 1.57. The second-order valence-electron chi connectivity index (χ2n) is 4.82. The van der Waals surface area contributed by atoms with Crippen LogP contribution in [0.2, 0.25) is 0 Å². The van der Waals surface area contributed by atoms with Crippen LogP contribution in [-0.2, 0) is 4.79 Å². The van der Waals surface area contributed by atoms with Gasteiger partial charge < -0.3 is 14.7 Å². The fourth-order valence-corrected chi connectivity index (χ4v) is 1.89. The first-order valence-electron chi connectivity index (χ1n) is 6.62. The summed E-state index contributed by atoms with van der Waals surface area (Å²) in [6.45, 7) is 4.28. The maximum Gasteiger partial charge on any atom is 0.303 e. The summed E-state index contributed by atoms with van der Waals surface area (Å²) in [5.41, 5.74) is 0.579. The van der Waals surface area contributed by atoms with Crippen LogP contribution in [0.25, 0.3) is 0 Å². The molecule has 0 saturated carbocycles. The van der Waals surface area contributed by atoms with E-state index in [1.807, 2.05) is 13.8 Å². The molecule has 0 saturated heterocycles. The number of hydrogen-bond acceptors (Lipinski definition) is 3. The van der Waals surface area contributed by atoms with Crippen LogP contribution in [0.15, 0.2) is 24.3 Å². The lowest BCUT2D eigenvalue weighted by atomic mass is 10.1. The standard InChI is InChI=1S/C15H21NO4/c1-11(2)16(10-4-5-14(17)18)15(19)12-6-8-13(20-3)9-7-12/h6-9,11H,4-5,10H2,1-3H3,(H,17,18). The molecular formula is C15H21NO4. The first-order valence-corrected chi connectivity index (χ1v) is 6.62. The monoisotopic (exact) mass is 279 g/mol. The number of ether oxygens (including phenoxy) is 1. The zero-order valence-electron chi connectivity index (χ0n) is 12.1. The maximum atomic E-state index is 12.4. The van der Waals surface area contributed by atoms with Crippen LogP contribution in [0, 0.1) is 0 Å². The van der Waals surface area contributed by atoms with Gasteiger partial charge in [-0.15, -0.1) is 0 Å². The highest BCUT2D eigenvalue weighted by molar-refractivity contribution is 5.94. The fraction of sp³-hybridized carbons (Fsp3) is 0.467. The summed E-state index contributed by atoms with van der Waals surface area (Å²) in [5, 5.41) is 8.66. The van der Waals surface area contributed by atoms with Gasteiger partial charge in [-0.25, -0.2) is 0 Å². The highest BCUT2D eigenvalue weighted by Crippen LogP contribution is 2.15. The minimum Gasteiger partial charge on any atom is -0.497 e. The third kappa shape index (κ3) is 4.57. The van der Waals surface area contributed by atoms with E-state index in [0.717, 1.165) is 0 Å². The molecule has 0 fully saturated rings. The summed E-state index contributed by atoms with van der Waals surface area (Å²) in [5.74, 6) is -0.234. The molecular weight excluding hydrogens is 258 g/mol.